The molecule has 0 radical (unpaired) electrons. The van der Waals surface area contributed by atoms with Crippen LogP contribution in [0.2, 0.25) is 0 Å². The average Bonchev–Trinajstić information content (AvgIpc) is 3.14. The van der Waals surface area contributed by atoms with Crippen LogP contribution in [0.5, 0.6) is 0 Å². The van der Waals surface area contributed by atoms with Gasteiger partial charge in [-0.1, -0.05) is 0 Å². The van der Waals surface area contributed by atoms with Crippen LogP contribution in [0.25, 0.3) is 0 Å². The minimum absolute atomic E-state index is 0.0944. The number of sulfone groups is 1. The fourth-order valence-electron chi connectivity index (χ4n) is 2.90. The molecule has 1 amide bonds. The maximum atomic E-state index is 12.2. The van der Waals surface area contributed by atoms with Crippen LogP contribution in [0.15, 0.2) is 18.5 Å². The Kier molecular flexibility index (Phi) is 4.82. The summed E-state index contributed by atoms with van der Waals surface area (Å²) in [5, 5.41) is 5.99. The van der Waals surface area contributed by atoms with Gasteiger partial charge in [-0.3, -0.25) is 9.78 Å². The average molecular weight is 339 g/mol. The van der Waals surface area contributed by atoms with E-state index in [0.717, 1.165) is 19.4 Å². The molecule has 2 atom stereocenters. The first-order valence-electron chi connectivity index (χ1n) is 7.84. The van der Waals surface area contributed by atoms with Crippen LogP contribution in [0, 0.1) is 0 Å². The number of hydrogen-bond donors (Lipinski definition) is 2. The van der Waals surface area contributed by atoms with Crippen LogP contribution in [-0.4, -0.2) is 56.1 Å². The Hall–Kier alpha value is -1.67. The zero-order chi connectivity index (χ0) is 16.3. The highest BCUT2D eigenvalue weighted by molar-refractivity contribution is 7.91. The van der Waals surface area contributed by atoms with Crippen molar-refractivity contribution in [3.05, 3.63) is 24.0 Å². The monoisotopic (exact) mass is 339 g/mol. The second kappa shape index (κ2) is 6.84. The minimum Gasteiger partial charge on any atom is -0.380 e. The highest BCUT2D eigenvalue weighted by Gasteiger charge is 2.27. The predicted molar refractivity (Wildman–Crippen MR) is 86.2 cm³/mol. The smallest absolute Gasteiger partial charge is 0.253 e. The molecule has 3 heterocycles. The van der Waals surface area contributed by atoms with Crippen LogP contribution >= 0.6 is 0 Å². The van der Waals surface area contributed by atoms with E-state index in [-0.39, 0.29) is 29.6 Å². The van der Waals surface area contributed by atoms with Crippen molar-refractivity contribution in [2.24, 2.45) is 0 Å². The molecule has 0 saturated carbocycles. The number of ether oxygens (including phenoxy) is 1. The number of hydrogen-bond acceptors (Lipinski definition) is 6. The fraction of sp³-hybridized carbons (Fsp3) is 0.600. The SMILES string of the molecule is O=C(NCC1CCCO1)c1cncc(NC2CCS(=O)(=O)C2)c1. The van der Waals surface area contributed by atoms with E-state index < -0.39 is 9.84 Å². The number of anilines is 1. The van der Waals surface area contributed by atoms with Crippen molar-refractivity contribution in [1.29, 1.82) is 0 Å². The van der Waals surface area contributed by atoms with Crippen molar-refractivity contribution in [2.45, 2.75) is 31.4 Å². The van der Waals surface area contributed by atoms with E-state index in [1.807, 2.05) is 0 Å². The first kappa shape index (κ1) is 16.2. The van der Waals surface area contributed by atoms with Gasteiger partial charge in [0.25, 0.3) is 5.91 Å². The van der Waals surface area contributed by atoms with Crippen LogP contribution < -0.4 is 10.6 Å². The molecule has 0 bridgehead atoms. The van der Waals surface area contributed by atoms with Crippen molar-refractivity contribution in [1.82, 2.24) is 10.3 Å². The summed E-state index contributed by atoms with van der Waals surface area (Å²) in [6.45, 7) is 1.25. The van der Waals surface area contributed by atoms with E-state index in [4.69, 9.17) is 4.74 Å². The molecule has 0 aromatic carbocycles. The van der Waals surface area contributed by atoms with Gasteiger partial charge in [-0.2, -0.15) is 0 Å². The zero-order valence-corrected chi connectivity index (χ0v) is 13.6. The van der Waals surface area contributed by atoms with Gasteiger partial charge in [-0.15, -0.1) is 0 Å². The highest BCUT2D eigenvalue weighted by Crippen LogP contribution is 2.18. The molecule has 2 N–H and O–H groups in total. The van der Waals surface area contributed by atoms with Gasteiger partial charge in [0.1, 0.15) is 0 Å². The Morgan fingerprint density at radius 1 is 1.35 bits per heavy atom. The molecule has 8 heteroatoms. The Bertz CT molecular complexity index is 671. The molecule has 126 valence electrons. The van der Waals surface area contributed by atoms with Crippen LogP contribution in [0.1, 0.15) is 29.6 Å². The molecule has 0 spiro atoms. The molecular formula is C15H21N3O4S. The summed E-state index contributed by atoms with van der Waals surface area (Å²) in [7, 11) is -2.94. The molecule has 3 rings (SSSR count). The molecule has 2 saturated heterocycles. The summed E-state index contributed by atoms with van der Waals surface area (Å²) in [5.41, 5.74) is 1.12. The third kappa shape index (κ3) is 4.42. The minimum atomic E-state index is -2.94. The standard InChI is InChI=1S/C15H21N3O4S/c19-15(17-9-14-2-1-4-22-14)11-6-13(8-16-7-11)18-12-3-5-23(20,21)10-12/h6-8,12,14,18H,1-5,9-10H2,(H,17,19). The van der Waals surface area contributed by atoms with E-state index in [1.54, 1.807) is 12.3 Å². The van der Waals surface area contributed by atoms with Crippen molar-refractivity contribution in [2.75, 3.05) is 30.0 Å². The summed E-state index contributed by atoms with van der Waals surface area (Å²) in [5.74, 6) is 0.137. The molecule has 2 unspecified atom stereocenters. The number of nitrogens with one attached hydrogen (secondary N) is 2. The van der Waals surface area contributed by atoms with Crippen molar-refractivity contribution in [3.8, 4) is 0 Å². The van der Waals surface area contributed by atoms with Crippen molar-refractivity contribution in [3.63, 3.8) is 0 Å². The molecule has 1 aromatic heterocycles. The predicted octanol–water partition coefficient (Wildman–Crippen LogP) is 0.589. The zero-order valence-electron chi connectivity index (χ0n) is 12.8. The normalized spacial score (nSPS) is 26.1. The summed E-state index contributed by atoms with van der Waals surface area (Å²) in [6.07, 6.45) is 5.78. The first-order valence-corrected chi connectivity index (χ1v) is 9.66. The van der Waals surface area contributed by atoms with Gasteiger partial charge in [0.2, 0.25) is 0 Å². The third-order valence-corrected chi connectivity index (χ3v) is 5.89. The molecular weight excluding hydrogens is 318 g/mol. The maximum absolute atomic E-state index is 12.2. The topological polar surface area (TPSA) is 97.4 Å². The van der Waals surface area contributed by atoms with Crippen LogP contribution in [0.3, 0.4) is 0 Å². The van der Waals surface area contributed by atoms with Crippen molar-refractivity contribution >= 4 is 21.4 Å². The molecule has 2 aliphatic rings. The molecule has 0 aliphatic carbocycles. The number of rotatable bonds is 5. The second-order valence-electron chi connectivity index (χ2n) is 6.05. The summed E-state index contributed by atoms with van der Waals surface area (Å²) < 4.78 is 28.4. The van der Waals surface area contributed by atoms with E-state index in [1.165, 1.54) is 6.20 Å². The van der Waals surface area contributed by atoms with Gasteiger partial charge in [-0.05, 0) is 25.3 Å². The number of pyridine rings is 1. The molecule has 2 aliphatic heterocycles. The summed E-state index contributed by atoms with van der Waals surface area (Å²) in [4.78, 5) is 16.2. The second-order valence-corrected chi connectivity index (χ2v) is 8.28. The summed E-state index contributed by atoms with van der Waals surface area (Å²) >= 11 is 0. The van der Waals surface area contributed by atoms with E-state index in [0.29, 0.717) is 24.2 Å². The fourth-order valence-corrected chi connectivity index (χ4v) is 4.57. The lowest BCUT2D eigenvalue weighted by atomic mass is 10.2. The van der Waals surface area contributed by atoms with Crippen LogP contribution in [0.4, 0.5) is 5.69 Å². The van der Waals surface area contributed by atoms with Crippen LogP contribution in [-0.2, 0) is 14.6 Å². The van der Waals surface area contributed by atoms with Crippen molar-refractivity contribution < 1.29 is 17.9 Å². The van der Waals surface area contributed by atoms with E-state index >= 15 is 0 Å². The number of amides is 1. The molecule has 1 aromatic rings. The lowest BCUT2D eigenvalue weighted by Crippen LogP contribution is -2.32. The molecule has 7 nitrogen and oxygen atoms in total. The van der Waals surface area contributed by atoms with Gasteiger partial charge in [-0.25, -0.2) is 8.42 Å². The van der Waals surface area contributed by atoms with Gasteiger partial charge in [0, 0.05) is 31.6 Å². The third-order valence-electron chi connectivity index (χ3n) is 4.12. The Balaban J connectivity index is 1.57. The number of carbonyl (C=O) groups excluding carboxylic acids is 1. The lowest BCUT2D eigenvalue weighted by molar-refractivity contribution is 0.0857. The van der Waals surface area contributed by atoms with Gasteiger partial charge >= 0.3 is 0 Å². The lowest BCUT2D eigenvalue weighted by Gasteiger charge is -2.14. The van der Waals surface area contributed by atoms with E-state index in [9.17, 15) is 13.2 Å². The first-order chi connectivity index (χ1) is 11.0. The summed E-state index contributed by atoms with van der Waals surface area (Å²) in [6, 6.07) is 1.58. The van der Waals surface area contributed by atoms with Gasteiger partial charge < -0.3 is 15.4 Å². The van der Waals surface area contributed by atoms with Gasteiger partial charge in [0.05, 0.1) is 28.9 Å². The Labute approximate surface area is 135 Å². The molecule has 2 fully saturated rings. The van der Waals surface area contributed by atoms with Gasteiger partial charge in [0.15, 0.2) is 9.84 Å². The Morgan fingerprint density at radius 2 is 2.22 bits per heavy atom. The quantitative estimate of drug-likeness (QED) is 0.815. The molecule has 23 heavy (non-hydrogen) atoms. The number of nitrogens with zero attached hydrogens (tertiary/aromatic N) is 1. The highest BCUT2D eigenvalue weighted by atomic mass is 32.2. The number of carbonyl (C=O) groups is 1. The largest absolute Gasteiger partial charge is 0.380 e. The Morgan fingerprint density at radius 3 is 2.91 bits per heavy atom. The van der Waals surface area contributed by atoms with E-state index in [2.05, 4.69) is 15.6 Å². The number of aromatic nitrogens is 1. The maximum Gasteiger partial charge on any atom is 0.253 e.